The number of para-hydroxylation sites is 1. The van der Waals surface area contributed by atoms with E-state index in [1.54, 1.807) is 6.07 Å². The van der Waals surface area contributed by atoms with Crippen molar-refractivity contribution in [1.29, 1.82) is 0 Å². The van der Waals surface area contributed by atoms with E-state index in [4.69, 9.17) is 21.1 Å². The highest BCUT2D eigenvalue weighted by atomic mass is 35.5. The van der Waals surface area contributed by atoms with Crippen LogP contribution in [0.1, 0.15) is 54.7 Å². The lowest BCUT2D eigenvalue weighted by Gasteiger charge is -2.23. The highest BCUT2D eigenvalue weighted by molar-refractivity contribution is 6.31. The minimum Gasteiger partial charge on any atom is -0.493 e. The van der Waals surface area contributed by atoms with Gasteiger partial charge >= 0.3 is 0 Å². The van der Waals surface area contributed by atoms with Gasteiger partial charge in [0, 0.05) is 22.7 Å². The van der Waals surface area contributed by atoms with Crippen molar-refractivity contribution < 1.29 is 14.3 Å². The van der Waals surface area contributed by atoms with Crippen molar-refractivity contribution in [3.8, 4) is 11.5 Å². The second kappa shape index (κ2) is 10.6. The topological polar surface area (TPSA) is 47.6 Å². The Morgan fingerprint density at radius 3 is 2.34 bits per heavy atom. The van der Waals surface area contributed by atoms with E-state index in [-0.39, 0.29) is 11.3 Å². The summed E-state index contributed by atoms with van der Waals surface area (Å²) in [7, 11) is 0. The summed E-state index contributed by atoms with van der Waals surface area (Å²) in [4.78, 5) is 12.8. The molecule has 0 aromatic heterocycles. The Morgan fingerprint density at radius 1 is 0.906 bits per heavy atom. The number of hydrogen-bond acceptors (Lipinski definition) is 3. The van der Waals surface area contributed by atoms with Crippen LogP contribution in [-0.4, -0.2) is 12.5 Å². The van der Waals surface area contributed by atoms with E-state index in [9.17, 15) is 4.79 Å². The third-order valence-corrected chi connectivity index (χ3v) is 5.47. The molecule has 3 aromatic rings. The molecule has 0 radical (unpaired) electrons. The van der Waals surface area contributed by atoms with Gasteiger partial charge in [0.2, 0.25) is 0 Å². The van der Waals surface area contributed by atoms with Gasteiger partial charge in [-0.25, -0.2) is 0 Å². The standard InChI is InChI=1S/C27H30ClNO3/c1-5-31-24-15-14-19(26(30)29-17-20-10-6-8-12-23(20)28)16-21(24)18-32-25-13-9-7-11-22(25)27(2,3)4/h6-16H,5,17-18H2,1-4H3,(H,29,30). The molecule has 0 fully saturated rings. The van der Waals surface area contributed by atoms with Crippen LogP contribution in [0.5, 0.6) is 11.5 Å². The Kier molecular flexibility index (Phi) is 7.81. The Labute approximate surface area is 195 Å². The molecule has 32 heavy (non-hydrogen) atoms. The lowest BCUT2D eigenvalue weighted by molar-refractivity contribution is 0.0950. The van der Waals surface area contributed by atoms with Gasteiger partial charge in [-0.2, -0.15) is 0 Å². The number of carbonyl (C=O) groups excluding carboxylic acids is 1. The van der Waals surface area contributed by atoms with Crippen LogP contribution in [0.25, 0.3) is 0 Å². The Balaban J connectivity index is 1.78. The number of ether oxygens (including phenoxy) is 2. The molecule has 0 saturated carbocycles. The summed E-state index contributed by atoms with van der Waals surface area (Å²) in [5, 5.41) is 3.56. The second-order valence-electron chi connectivity index (χ2n) is 8.56. The fraction of sp³-hybridized carbons (Fsp3) is 0.296. The molecule has 0 atom stereocenters. The van der Waals surface area contributed by atoms with Crippen LogP contribution in [0, 0.1) is 0 Å². The Morgan fingerprint density at radius 2 is 1.62 bits per heavy atom. The first-order valence-corrected chi connectivity index (χ1v) is 11.2. The lowest BCUT2D eigenvalue weighted by Crippen LogP contribution is -2.23. The summed E-state index contributed by atoms with van der Waals surface area (Å²) in [6.07, 6.45) is 0. The molecule has 0 aliphatic carbocycles. The Bertz CT molecular complexity index is 1070. The van der Waals surface area contributed by atoms with E-state index in [2.05, 4.69) is 32.2 Å². The number of rotatable bonds is 8. The monoisotopic (exact) mass is 451 g/mol. The van der Waals surface area contributed by atoms with Crippen LogP contribution in [0.2, 0.25) is 5.02 Å². The molecule has 1 N–H and O–H groups in total. The fourth-order valence-electron chi connectivity index (χ4n) is 3.42. The van der Waals surface area contributed by atoms with Crippen LogP contribution >= 0.6 is 11.6 Å². The minimum absolute atomic E-state index is 0.0419. The van der Waals surface area contributed by atoms with Crippen LogP contribution in [-0.2, 0) is 18.6 Å². The van der Waals surface area contributed by atoms with Crippen LogP contribution in [0.15, 0.2) is 66.7 Å². The average molecular weight is 452 g/mol. The zero-order chi connectivity index (χ0) is 23.1. The summed E-state index contributed by atoms with van der Waals surface area (Å²) in [6.45, 7) is 9.60. The van der Waals surface area contributed by atoms with Gasteiger partial charge in [0.25, 0.3) is 5.91 Å². The van der Waals surface area contributed by atoms with E-state index in [0.717, 1.165) is 22.4 Å². The number of halogens is 1. The molecular weight excluding hydrogens is 422 g/mol. The molecular formula is C27H30ClNO3. The predicted octanol–water partition coefficient (Wildman–Crippen LogP) is 6.55. The molecule has 0 unspecified atom stereocenters. The number of benzene rings is 3. The first-order chi connectivity index (χ1) is 15.3. The van der Waals surface area contributed by atoms with Gasteiger partial charge in [-0.15, -0.1) is 0 Å². The molecule has 0 saturated heterocycles. The molecule has 5 heteroatoms. The molecule has 4 nitrogen and oxygen atoms in total. The second-order valence-corrected chi connectivity index (χ2v) is 8.97. The van der Waals surface area contributed by atoms with Crippen molar-refractivity contribution in [2.45, 2.75) is 46.3 Å². The van der Waals surface area contributed by atoms with Crippen LogP contribution in [0.4, 0.5) is 0 Å². The molecule has 0 heterocycles. The third kappa shape index (κ3) is 6.04. The van der Waals surface area contributed by atoms with Crippen molar-refractivity contribution in [3.63, 3.8) is 0 Å². The van der Waals surface area contributed by atoms with Crippen molar-refractivity contribution in [1.82, 2.24) is 5.32 Å². The summed E-state index contributed by atoms with van der Waals surface area (Å²) in [6, 6.07) is 20.9. The number of hydrogen-bond donors (Lipinski definition) is 1. The molecule has 0 bridgehead atoms. The first kappa shape index (κ1) is 23.7. The Hall–Kier alpha value is -2.98. The van der Waals surface area contributed by atoms with Gasteiger partial charge in [-0.05, 0) is 53.8 Å². The van der Waals surface area contributed by atoms with Crippen molar-refractivity contribution in [2.24, 2.45) is 0 Å². The van der Waals surface area contributed by atoms with Gasteiger partial charge in [-0.1, -0.05) is 68.8 Å². The van der Waals surface area contributed by atoms with Gasteiger partial charge in [0.05, 0.1) is 6.61 Å². The van der Waals surface area contributed by atoms with E-state index in [1.807, 2.05) is 61.5 Å². The van der Waals surface area contributed by atoms with Gasteiger partial charge in [0.1, 0.15) is 18.1 Å². The van der Waals surface area contributed by atoms with Gasteiger partial charge in [-0.3, -0.25) is 4.79 Å². The number of nitrogens with one attached hydrogen (secondary N) is 1. The maximum atomic E-state index is 12.8. The normalized spacial score (nSPS) is 11.2. The molecule has 3 aromatic carbocycles. The SMILES string of the molecule is CCOc1ccc(C(=O)NCc2ccccc2Cl)cc1COc1ccccc1C(C)(C)C. The highest BCUT2D eigenvalue weighted by Crippen LogP contribution is 2.32. The van der Waals surface area contributed by atoms with Gasteiger partial charge < -0.3 is 14.8 Å². The van der Waals surface area contributed by atoms with Crippen molar-refractivity contribution in [2.75, 3.05) is 6.61 Å². The summed E-state index contributed by atoms with van der Waals surface area (Å²) >= 11 is 6.19. The highest BCUT2D eigenvalue weighted by Gasteiger charge is 2.19. The maximum Gasteiger partial charge on any atom is 0.251 e. The molecule has 0 aliphatic rings. The molecule has 0 aliphatic heterocycles. The summed E-state index contributed by atoms with van der Waals surface area (Å²) < 4.78 is 12.0. The first-order valence-electron chi connectivity index (χ1n) is 10.8. The molecule has 0 spiro atoms. The van der Waals surface area contributed by atoms with E-state index in [1.165, 1.54) is 0 Å². The summed E-state index contributed by atoms with van der Waals surface area (Å²) in [5.74, 6) is 1.36. The van der Waals surface area contributed by atoms with Crippen LogP contribution < -0.4 is 14.8 Å². The smallest absolute Gasteiger partial charge is 0.251 e. The minimum atomic E-state index is -0.177. The van der Waals surface area contributed by atoms with Gasteiger partial charge in [0.15, 0.2) is 0 Å². The average Bonchev–Trinajstić information content (AvgIpc) is 2.77. The van der Waals surface area contributed by atoms with Crippen molar-refractivity contribution >= 4 is 17.5 Å². The predicted molar refractivity (Wildman–Crippen MR) is 130 cm³/mol. The third-order valence-electron chi connectivity index (χ3n) is 5.10. The molecule has 1 amide bonds. The maximum absolute atomic E-state index is 12.8. The van der Waals surface area contributed by atoms with E-state index < -0.39 is 0 Å². The quantitative estimate of drug-likeness (QED) is 0.422. The number of carbonyl (C=O) groups is 1. The zero-order valence-corrected chi connectivity index (χ0v) is 19.8. The van der Waals surface area contributed by atoms with E-state index >= 15 is 0 Å². The van der Waals surface area contributed by atoms with Crippen LogP contribution in [0.3, 0.4) is 0 Å². The fourth-order valence-corrected chi connectivity index (χ4v) is 3.62. The summed E-state index contributed by atoms with van der Waals surface area (Å²) in [5.41, 5.74) is 3.33. The van der Waals surface area contributed by atoms with E-state index in [0.29, 0.717) is 36.1 Å². The largest absolute Gasteiger partial charge is 0.493 e. The lowest BCUT2D eigenvalue weighted by atomic mass is 9.86. The van der Waals surface area contributed by atoms with Crippen molar-refractivity contribution in [3.05, 3.63) is 94.0 Å². The molecule has 168 valence electrons. The molecule has 3 rings (SSSR count). The zero-order valence-electron chi connectivity index (χ0n) is 19.1. The number of amides is 1.